The Morgan fingerprint density at radius 1 is 1.26 bits per heavy atom. The minimum Gasteiger partial charge on any atom is -0.389 e. The number of hydrogen-bond donors (Lipinski definition) is 2. The molecule has 0 amide bonds. The Morgan fingerprint density at radius 3 is 2.63 bits per heavy atom. The zero-order valence-corrected chi connectivity index (χ0v) is 13.0. The molecule has 0 bridgehead atoms. The van der Waals surface area contributed by atoms with Crippen LogP contribution in [0.5, 0.6) is 0 Å². The van der Waals surface area contributed by atoms with Crippen molar-refractivity contribution in [3.8, 4) is 0 Å². The number of aliphatic hydroxyl groups excluding tert-OH is 1. The largest absolute Gasteiger partial charge is 0.389 e. The summed E-state index contributed by atoms with van der Waals surface area (Å²) in [6, 6.07) is 0.535. The lowest BCUT2D eigenvalue weighted by molar-refractivity contribution is -0.0456. The predicted octanol–water partition coefficient (Wildman–Crippen LogP) is 3.11. The second kappa shape index (κ2) is 9.73. The summed E-state index contributed by atoms with van der Waals surface area (Å²) < 4.78 is 5.89. The molecule has 0 radical (unpaired) electrons. The highest BCUT2D eigenvalue weighted by Crippen LogP contribution is 2.26. The molecule has 0 aromatic carbocycles. The van der Waals surface area contributed by atoms with Crippen LogP contribution >= 0.6 is 0 Å². The predicted molar refractivity (Wildman–Crippen MR) is 80.4 cm³/mol. The Bertz CT molecular complexity index is 223. The van der Waals surface area contributed by atoms with Crippen LogP contribution in [0.2, 0.25) is 0 Å². The van der Waals surface area contributed by atoms with Gasteiger partial charge in [-0.15, -0.1) is 0 Å². The van der Waals surface area contributed by atoms with Crippen molar-refractivity contribution in [1.29, 1.82) is 0 Å². The summed E-state index contributed by atoms with van der Waals surface area (Å²) in [5.41, 5.74) is 0. The van der Waals surface area contributed by atoms with Crippen LogP contribution in [-0.4, -0.2) is 36.5 Å². The van der Waals surface area contributed by atoms with Crippen molar-refractivity contribution in [3.05, 3.63) is 0 Å². The maximum atomic E-state index is 9.99. The van der Waals surface area contributed by atoms with Gasteiger partial charge in [0.05, 0.1) is 18.8 Å². The van der Waals surface area contributed by atoms with Crippen LogP contribution in [-0.2, 0) is 4.74 Å². The highest BCUT2D eigenvalue weighted by Gasteiger charge is 2.22. The van der Waals surface area contributed by atoms with E-state index in [-0.39, 0.29) is 6.10 Å². The molecule has 1 saturated carbocycles. The minimum atomic E-state index is -0.375. The van der Waals surface area contributed by atoms with E-state index in [1.165, 1.54) is 32.1 Å². The molecule has 0 aromatic heterocycles. The summed E-state index contributed by atoms with van der Waals surface area (Å²) >= 11 is 0. The quantitative estimate of drug-likeness (QED) is 0.677. The van der Waals surface area contributed by atoms with Crippen LogP contribution in [0.3, 0.4) is 0 Å². The van der Waals surface area contributed by atoms with Crippen molar-refractivity contribution in [3.63, 3.8) is 0 Å². The van der Waals surface area contributed by atoms with Gasteiger partial charge < -0.3 is 15.2 Å². The van der Waals surface area contributed by atoms with Gasteiger partial charge in [-0.05, 0) is 31.6 Å². The van der Waals surface area contributed by atoms with Crippen LogP contribution in [0.15, 0.2) is 0 Å². The molecular formula is C16H33NO2. The molecule has 1 aliphatic carbocycles. The third-order valence-corrected chi connectivity index (χ3v) is 4.31. The summed E-state index contributed by atoms with van der Waals surface area (Å²) in [5, 5.41) is 13.4. The molecule has 0 saturated heterocycles. The van der Waals surface area contributed by atoms with E-state index in [2.05, 4.69) is 26.1 Å². The number of aliphatic hydroxyl groups is 1. The fraction of sp³-hybridized carbons (Fsp3) is 1.00. The van der Waals surface area contributed by atoms with Gasteiger partial charge in [-0.3, -0.25) is 0 Å². The highest BCUT2D eigenvalue weighted by atomic mass is 16.5. The first-order valence-corrected chi connectivity index (χ1v) is 8.20. The van der Waals surface area contributed by atoms with E-state index >= 15 is 0 Å². The van der Waals surface area contributed by atoms with E-state index in [1.807, 2.05) is 0 Å². The number of hydrogen-bond acceptors (Lipinski definition) is 3. The molecule has 0 spiro atoms. The lowest BCUT2D eigenvalue weighted by Gasteiger charge is -2.29. The van der Waals surface area contributed by atoms with Crippen molar-refractivity contribution in [1.82, 2.24) is 5.32 Å². The van der Waals surface area contributed by atoms with Crippen LogP contribution in [0.1, 0.15) is 65.7 Å². The standard InChI is InChI=1S/C16H33NO2/c1-4-8-14(5-2)17-11-15(18)12-19-16-10-7-6-9-13(16)3/h13-18H,4-12H2,1-3H3. The van der Waals surface area contributed by atoms with Gasteiger partial charge in [-0.25, -0.2) is 0 Å². The maximum absolute atomic E-state index is 9.99. The Kier molecular flexibility index (Phi) is 8.67. The van der Waals surface area contributed by atoms with Gasteiger partial charge in [0, 0.05) is 12.6 Å². The first kappa shape index (κ1) is 16.9. The van der Waals surface area contributed by atoms with Crippen LogP contribution in [0.4, 0.5) is 0 Å². The maximum Gasteiger partial charge on any atom is 0.0897 e. The Hall–Kier alpha value is -0.120. The van der Waals surface area contributed by atoms with Gasteiger partial charge >= 0.3 is 0 Å². The Balaban J connectivity index is 2.14. The molecule has 1 rings (SSSR count). The van der Waals surface area contributed by atoms with Crippen LogP contribution < -0.4 is 5.32 Å². The molecule has 4 atom stereocenters. The van der Waals surface area contributed by atoms with Crippen molar-refractivity contribution < 1.29 is 9.84 Å². The zero-order chi connectivity index (χ0) is 14.1. The van der Waals surface area contributed by atoms with Crippen molar-refractivity contribution in [2.75, 3.05) is 13.2 Å². The number of rotatable bonds is 9. The average molecular weight is 271 g/mol. The smallest absolute Gasteiger partial charge is 0.0897 e. The van der Waals surface area contributed by atoms with Crippen LogP contribution in [0, 0.1) is 5.92 Å². The highest BCUT2D eigenvalue weighted by molar-refractivity contribution is 4.74. The molecular weight excluding hydrogens is 238 g/mol. The molecule has 0 aromatic rings. The topological polar surface area (TPSA) is 41.5 Å². The van der Waals surface area contributed by atoms with Gasteiger partial charge in [0.25, 0.3) is 0 Å². The van der Waals surface area contributed by atoms with Crippen molar-refractivity contribution >= 4 is 0 Å². The van der Waals surface area contributed by atoms with Gasteiger partial charge in [0.1, 0.15) is 0 Å². The third-order valence-electron chi connectivity index (χ3n) is 4.31. The minimum absolute atomic E-state index is 0.362. The van der Waals surface area contributed by atoms with Crippen molar-refractivity contribution in [2.45, 2.75) is 84.0 Å². The Labute approximate surface area is 119 Å². The molecule has 0 heterocycles. The molecule has 1 aliphatic rings. The van der Waals surface area contributed by atoms with E-state index in [4.69, 9.17) is 4.74 Å². The van der Waals surface area contributed by atoms with E-state index < -0.39 is 0 Å². The normalized spacial score (nSPS) is 27.2. The molecule has 114 valence electrons. The van der Waals surface area contributed by atoms with Crippen molar-refractivity contribution in [2.24, 2.45) is 5.92 Å². The molecule has 4 unspecified atom stereocenters. The van der Waals surface area contributed by atoms with Crippen LogP contribution in [0.25, 0.3) is 0 Å². The first-order valence-electron chi connectivity index (χ1n) is 8.20. The third kappa shape index (κ3) is 6.73. The molecule has 2 N–H and O–H groups in total. The van der Waals surface area contributed by atoms with Gasteiger partial charge in [0.15, 0.2) is 0 Å². The lowest BCUT2D eigenvalue weighted by atomic mass is 9.88. The average Bonchev–Trinajstić information content (AvgIpc) is 2.42. The summed E-state index contributed by atoms with van der Waals surface area (Å²) in [7, 11) is 0. The molecule has 0 aliphatic heterocycles. The molecule has 3 heteroatoms. The Morgan fingerprint density at radius 2 is 2.00 bits per heavy atom. The number of ether oxygens (including phenoxy) is 1. The van der Waals surface area contributed by atoms with E-state index in [9.17, 15) is 5.11 Å². The van der Waals surface area contributed by atoms with Gasteiger partial charge in [-0.2, -0.15) is 0 Å². The molecule has 19 heavy (non-hydrogen) atoms. The second-order valence-electron chi connectivity index (χ2n) is 6.09. The number of nitrogens with one attached hydrogen (secondary N) is 1. The summed E-state index contributed by atoms with van der Waals surface area (Å²) in [6.45, 7) is 7.79. The van der Waals surface area contributed by atoms with E-state index in [0.29, 0.717) is 31.2 Å². The van der Waals surface area contributed by atoms with Gasteiger partial charge in [0.2, 0.25) is 0 Å². The fourth-order valence-electron chi connectivity index (χ4n) is 2.93. The van der Waals surface area contributed by atoms with E-state index in [1.54, 1.807) is 0 Å². The first-order chi connectivity index (χ1) is 9.17. The van der Waals surface area contributed by atoms with E-state index in [0.717, 1.165) is 12.8 Å². The second-order valence-corrected chi connectivity index (χ2v) is 6.09. The summed E-state index contributed by atoms with van der Waals surface area (Å²) in [5.74, 6) is 0.650. The fourth-order valence-corrected chi connectivity index (χ4v) is 2.93. The molecule has 3 nitrogen and oxygen atoms in total. The zero-order valence-electron chi connectivity index (χ0n) is 13.0. The summed E-state index contributed by atoms with van der Waals surface area (Å²) in [6.07, 6.45) is 8.53. The SMILES string of the molecule is CCCC(CC)NCC(O)COC1CCCCC1C. The summed E-state index contributed by atoms with van der Waals surface area (Å²) in [4.78, 5) is 0. The lowest BCUT2D eigenvalue weighted by Crippen LogP contribution is -2.38. The molecule has 1 fully saturated rings. The van der Waals surface area contributed by atoms with Gasteiger partial charge in [-0.1, -0.05) is 40.0 Å². The monoisotopic (exact) mass is 271 g/mol.